The lowest BCUT2D eigenvalue weighted by molar-refractivity contribution is -0.0660. The second kappa shape index (κ2) is 8.10. The lowest BCUT2D eigenvalue weighted by Gasteiger charge is -2.43. The number of rotatable bonds is 5. The molecule has 3 aromatic rings. The van der Waals surface area contributed by atoms with Crippen LogP contribution in [-0.4, -0.2) is 70.1 Å². The minimum Gasteiger partial charge on any atom is -0.378 e. The summed E-state index contributed by atoms with van der Waals surface area (Å²) in [6.45, 7) is 5.56. The third kappa shape index (κ3) is 3.83. The molecule has 0 amide bonds. The summed E-state index contributed by atoms with van der Waals surface area (Å²) in [4.78, 5) is 13.2. The Kier molecular flexibility index (Phi) is 5.01. The quantitative estimate of drug-likeness (QED) is 0.690. The lowest BCUT2D eigenvalue weighted by Crippen LogP contribution is -2.56. The van der Waals surface area contributed by atoms with Crippen LogP contribution in [0.5, 0.6) is 0 Å². The molecule has 2 saturated heterocycles. The summed E-state index contributed by atoms with van der Waals surface area (Å²) in [6.07, 6.45) is 5.08. The van der Waals surface area contributed by atoms with Gasteiger partial charge in [-0.25, -0.2) is 4.68 Å². The monoisotopic (exact) mass is 404 g/mol. The molecule has 1 aromatic carbocycles. The maximum absolute atomic E-state index is 9.50. The Labute approximate surface area is 176 Å². The van der Waals surface area contributed by atoms with E-state index in [9.17, 15) is 5.26 Å². The summed E-state index contributed by atoms with van der Waals surface area (Å²) in [7, 11) is 0. The molecule has 2 aliphatic rings. The van der Waals surface area contributed by atoms with Crippen LogP contribution >= 0.6 is 0 Å². The van der Waals surface area contributed by atoms with Crippen LogP contribution in [0.15, 0.2) is 49.1 Å². The fourth-order valence-corrected chi connectivity index (χ4v) is 3.77. The van der Waals surface area contributed by atoms with E-state index in [0.29, 0.717) is 17.6 Å². The zero-order valence-corrected chi connectivity index (χ0v) is 16.5. The number of nitriles is 1. The average molecular weight is 404 g/mol. The van der Waals surface area contributed by atoms with Crippen molar-refractivity contribution in [2.75, 3.05) is 49.6 Å². The first kappa shape index (κ1) is 18.5. The largest absolute Gasteiger partial charge is 0.378 e. The topological polar surface area (TPSA) is 95.1 Å². The fourth-order valence-electron chi connectivity index (χ4n) is 3.77. The van der Waals surface area contributed by atoms with Crippen LogP contribution < -0.4 is 10.2 Å². The van der Waals surface area contributed by atoms with Gasteiger partial charge in [-0.15, -0.1) is 5.10 Å². The van der Waals surface area contributed by atoms with Crippen LogP contribution in [0.25, 0.3) is 5.69 Å². The van der Waals surface area contributed by atoms with Gasteiger partial charge in [-0.1, -0.05) is 0 Å². The van der Waals surface area contributed by atoms with E-state index in [-0.39, 0.29) is 1.43 Å². The van der Waals surface area contributed by atoms with E-state index >= 15 is 0 Å². The molecule has 9 nitrogen and oxygen atoms in total. The summed E-state index contributed by atoms with van der Waals surface area (Å²) in [5, 5.41) is 17.2. The van der Waals surface area contributed by atoms with Crippen molar-refractivity contribution >= 4 is 17.3 Å². The van der Waals surface area contributed by atoms with Gasteiger partial charge >= 0.3 is 0 Å². The Morgan fingerprint density at radius 3 is 2.70 bits per heavy atom. The highest BCUT2D eigenvalue weighted by atomic mass is 16.5. The van der Waals surface area contributed by atoms with Gasteiger partial charge < -0.3 is 15.0 Å². The fraction of sp³-hybridized carbons (Fsp3) is 0.333. The minimum absolute atomic E-state index is 0. The summed E-state index contributed by atoms with van der Waals surface area (Å²) >= 11 is 0. The standard InChI is InChI=1S/C21H22N8O.H2/c22-11-16-8-17(25-21-24-15-29(26-21)18-2-1-3-23-12-18)10-19(9-16)27-4-6-28(7-5-27)20-13-30-14-20;/h1-3,8-10,12,15,20H,4-7,13-14H2,(H,25,26);1H. The molecule has 0 radical (unpaired) electrons. The molecule has 0 spiro atoms. The molecule has 1 N–H and O–H groups in total. The van der Waals surface area contributed by atoms with Gasteiger partial charge in [0.1, 0.15) is 6.33 Å². The predicted molar refractivity (Wildman–Crippen MR) is 114 cm³/mol. The predicted octanol–water partition coefficient (Wildman–Crippen LogP) is 2.04. The maximum atomic E-state index is 9.50. The molecule has 4 heterocycles. The van der Waals surface area contributed by atoms with E-state index in [0.717, 1.165) is 56.5 Å². The van der Waals surface area contributed by atoms with Crippen LogP contribution in [0, 0.1) is 11.3 Å². The molecule has 0 saturated carbocycles. The molecular weight excluding hydrogens is 380 g/mol. The van der Waals surface area contributed by atoms with Crippen molar-refractivity contribution < 1.29 is 6.16 Å². The normalized spacial score (nSPS) is 17.4. The van der Waals surface area contributed by atoms with E-state index < -0.39 is 0 Å². The number of hydrogen-bond acceptors (Lipinski definition) is 8. The van der Waals surface area contributed by atoms with Gasteiger partial charge in [0, 0.05) is 45.2 Å². The first-order valence-electron chi connectivity index (χ1n) is 9.99. The smallest absolute Gasteiger partial charge is 0.246 e. The number of hydrogen-bond donors (Lipinski definition) is 1. The second-order valence-electron chi connectivity index (χ2n) is 7.44. The van der Waals surface area contributed by atoms with E-state index in [1.807, 2.05) is 30.3 Å². The van der Waals surface area contributed by atoms with E-state index in [1.165, 1.54) is 0 Å². The Morgan fingerprint density at radius 1 is 1.13 bits per heavy atom. The van der Waals surface area contributed by atoms with Crippen molar-refractivity contribution in [3.8, 4) is 11.8 Å². The van der Waals surface area contributed by atoms with Crippen molar-refractivity contribution in [2.45, 2.75) is 6.04 Å². The summed E-state index contributed by atoms with van der Waals surface area (Å²) in [6, 6.07) is 12.4. The number of nitrogens with zero attached hydrogens (tertiary/aromatic N) is 7. The van der Waals surface area contributed by atoms with E-state index in [1.54, 1.807) is 23.4 Å². The molecule has 0 bridgehead atoms. The first-order valence-corrected chi connectivity index (χ1v) is 9.99. The maximum Gasteiger partial charge on any atom is 0.246 e. The van der Waals surface area contributed by atoms with Crippen molar-refractivity contribution in [1.29, 1.82) is 5.26 Å². The minimum atomic E-state index is 0. The Hall–Kier alpha value is -3.48. The number of benzene rings is 1. The molecule has 30 heavy (non-hydrogen) atoms. The first-order chi connectivity index (χ1) is 14.8. The molecule has 0 atom stereocenters. The second-order valence-corrected chi connectivity index (χ2v) is 7.44. The number of piperazine rings is 1. The average Bonchev–Trinajstić information content (AvgIpc) is 3.22. The SMILES string of the molecule is N#Cc1cc(Nc2ncn(-c3cccnc3)n2)cc(N2CCN(C3COC3)CC2)c1.[HH]. The van der Waals surface area contributed by atoms with Crippen LogP contribution in [0.2, 0.25) is 0 Å². The molecule has 2 aromatic heterocycles. The number of ether oxygens (including phenoxy) is 1. The zero-order chi connectivity index (χ0) is 20.3. The summed E-state index contributed by atoms with van der Waals surface area (Å²) in [5.41, 5.74) is 3.27. The highest BCUT2D eigenvalue weighted by Crippen LogP contribution is 2.26. The third-order valence-electron chi connectivity index (χ3n) is 5.52. The Morgan fingerprint density at radius 2 is 2.00 bits per heavy atom. The number of pyridine rings is 1. The van der Waals surface area contributed by atoms with Crippen molar-refractivity contribution in [3.05, 3.63) is 54.6 Å². The third-order valence-corrected chi connectivity index (χ3v) is 5.52. The number of aromatic nitrogens is 4. The van der Waals surface area contributed by atoms with Crippen molar-refractivity contribution in [2.24, 2.45) is 0 Å². The molecule has 0 aliphatic carbocycles. The van der Waals surface area contributed by atoms with Crippen molar-refractivity contribution in [3.63, 3.8) is 0 Å². The van der Waals surface area contributed by atoms with E-state index in [4.69, 9.17) is 4.74 Å². The van der Waals surface area contributed by atoms with Gasteiger partial charge in [-0.2, -0.15) is 10.2 Å². The lowest BCUT2D eigenvalue weighted by atomic mass is 10.1. The molecule has 154 valence electrons. The van der Waals surface area contributed by atoms with Crippen molar-refractivity contribution in [1.82, 2.24) is 24.6 Å². The van der Waals surface area contributed by atoms with Crippen LogP contribution in [-0.2, 0) is 4.74 Å². The Balaban J connectivity index is 0.00000231. The zero-order valence-electron chi connectivity index (χ0n) is 16.5. The summed E-state index contributed by atoms with van der Waals surface area (Å²) < 4.78 is 6.98. The highest BCUT2D eigenvalue weighted by Gasteiger charge is 2.29. The molecule has 9 heteroatoms. The van der Waals surface area contributed by atoms with Crippen LogP contribution in [0.1, 0.15) is 6.99 Å². The molecule has 2 aliphatic heterocycles. The van der Waals surface area contributed by atoms with Crippen LogP contribution in [0.3, 0.4) is 0 Å². The van der Waals surface area contributed by atoms with Gasteiger partial charge in [-0.3, -0.25) is 9.88 Å². The Bertz CT molecular complexity index is 1050. The summed E-state index contributed by atoms with van der Waals surface area (Å²) in [5.74, 6) is 0.467. The highest BCUT2D eigenvalue weighted by molar-refractivity contribution is 5.66. The van der Waals surface area contributed by atoms with E-state index in [2.05, 4.69) is 36.3 Å². The van der Waals surface area contributed by atoms with Gasteiger partial charge in [0.15, 0.2) is 0 Å². The van der Waals surface area contributed by atoms with Crippen LogP contribution in [0.4, 0.5) is 17.3 Å². The van der Waals surface area contributed by atoms with Gasteiger partial charge in [0.05, 0.1) is 42.8 Å². The van der Waals surface area contributed by atoms with Gasteiger partial charge in [0.2, 0.25) is 5.95 Å². The molecular formula is C21H24N8O. The number of nitrogens with one attached hydrogen (secondary N) is 1. The van der Waals surface area contributed by atoms with Gasteiger partial charge in [0.25, 0.3) is 0 Å². The number of anilines is 3. The molecule has 5 rings (SSSR count). The van der Waals surface area contributed by atoms with Gasteiger partial charge in [-0.05, 0) is 30.3 Å². The molecule has 0 unspecified atom stereocenters. The molecule has 2 fully saturated rings.